The predicted octanol–water partition coefficient (Wildman–Crippen LogP) is 5.33. The second kappa shape index (κ2) is 10.4. The highest BCUT2D eigenvalue weighted by Gasteiger charge is 2.40. The second-order valence-electron chi connectivity index (χ2n) is 10.6. The van der Waals surface area contributed by atoms with E-state index in [0.717, 1.165) is 28.3 Å². The standard InChI is InChI=1S/C28H35ClN4O2/c1-18(2)26(32-25(34)14-13-24-30-22-7-5-6-8-23(22)31-24)27(35)33-16-15-21(28(3,4)17-33)19-9-11-20(29)12-10-19/h5-12,18,21,26H,13-17H2,1-4H3,(H,30,31)(H,32,34)/t21?,26-/m1/s1. The lowest BCUT2D eigenvalue weighted by Gasteiger charge is -2.45. The third-order valence-corrected chi connectivity index (χ3v) is 7.34. The van der Waals surface area contributed by atoms with Gasteiger partial charge in [-0.05, 0) is 53.5 Å². The topological polar surface area (TPSA) is 78.1 Å². The molecule has 186 valence electrons. The maximum Gasteiger partial charge on any atom is 0.245 e. The Labute approximate surface area is 212 Å². The molecule has 1 unspecified atom stereocenters. The smallest absolute Gasteiger partial charge is 0.245 e. The number of carbonyl (C=O) groups excluding carboxylic acids is 2. The molecule has 1 saturated heterocycles. The number of piperidine rings is 1. The van der Waals surface area contributed by atoms with E-state index in [1.807, 2.05) is 55.1 Å². The minimum absolute atomic E-state index is 0.000261. The summed E-state index contributed by atoms with van der Waals surface area (Å²) in [5.41, 5.74) is 3.02. The number of hydrogen-bond donors (Lipinski definition) is 2. The van der Waals surface area contributed by atoms with Gasteiger partial charge in [-0.25, -0.2) is 4.98 Å². The number of aryl methyl sites for hydroxylation is 1. The molecule has 6 nitrogen and oxygen atoms in total. The molecule has 3 aromatic rings. The third kappa shape index (κ3) is 5.87. The zero-order chi connectivity index (χ0) is 25.2. The summed E-state index contributed by atoms with van der Waals surface area (Å²) in [5, 5.41) is 3.74. The first kappa shape index (κ1) is 25.2. The van der Waals surface area contributed by atoms with Gasteiger partial charge in [-0.3, -0.25) is 9.59 Å². The van der Waals surface area contributed by atoms with Crippen molar-refractivity contribution in [3.05, 3.63) is 64.9 Å². The molecule has 2 aromatic carbocycles. The summed E-state index contributed by atoms with van der Waals surface area (Å²) in [7, 11) is 0. The Kier molecular flexibility index (Phi) is 7.50. The summed E-state index contributed by atoms with van der Waals surface area (Å²) < 4.78 is 0. The summed E-state index contributed by atoms with van der Waals surface area (Å²) in [6.07, 6.45) is 1.66. The Balaban J connectivity index is 1.37. The number of likely N-dealkylation sites (tertiary alicyclic amines) is 1. The molecule has 0 bridgehead atoms. The highest BCUT2D eigenvalue weighted by Crippen LogP contribution is 2.42. The van der Waals surface area contributed by atoms with Crippen LogP contribution in [0.1, 0.15) is 57.8 Å². The molecular weight excluding hydrogens is 460 g/mol. The van der Waals surface area contributed by atoms with Gasteiger partial charge in [0.1, 0.15) is 11.9 Å². The van der Waals surface area contributed by atoms with Crippen LogP contribution in [0.3, 0.4) is 0 Å². The lowest BCUT2D eigenvalue weighted by Crippen LogP contribution is -2.55. The minimum atomic E-state index is -0.541. The molecule has 1 aliphatic heterocycles. The van der Waals surface area contributed by atoms with E-state index in [4.69, 9.17) is 11.6 Å². The van der Waals surface area contributed by atoms with Crippen molar-refractivity contribution in [2.45, 2.75) is 58.9 Å². The van der Waals surface area contributed by atoms with Gasteiger partial charge in [-0.1, -0.05) is 63.6 Å². The fourth-order valence-electron chi connectivity index (χ4n) is 5.17. The normalized spacial score (nSPS) is 18.6. The number of hydrogen-bond acceptors (Lipinski definition) is 3. The van der Waals surface area contributed by atoms with Gasteiger partial charge in [0.2, 0.25) is 11.8 Å². The van der Waals surface area contributed by atoms with Crippen molar-refractivity contribution in [1.29, 1.82) is 0 Å². The quantitative estimate of drug-likeness (QED) is 0.466. The molecule has 7 heteroatoms. The average molecular weight is 495 g/mol. The first-order chi connectivity index (χ1) is 16.6. The maximum atomic E-state index is 13.5. The van der Waals surface area contributed by atoms with Crippen molar-refractivity contribution in [2.75, 3.05) is 13.1 Å². The predicted molar refractivity (Wildman–Crippen MR) is 140 cm³/mol. The number of H-pyrrole nitrogens is 1. The van der Waals surface area contributed by atoms with Crippen LogP contribution in [0.2, 0.25) is 5.02 Å². The van der Waals surface area contributed by atoms with E-state index in [-0.39, 0.29) is 29.6 Å². The van der Waals surface area contributed by atoms with Crippen molar-refractivity contribution in [1.82, 2.24) is 20.2 Å². The van der Waals surface area contributed by atoms with E-state index in [2.05, 4.69) is 41.3 Å². The maximum absolute atomic E-state index is 13.5. The van der Waals surface area contributed by atoms with Gasteiger partial charge in [-0.15, -0.1) is 0 Å². The van der Waals surface area contributed by atoms with Gasteiger partial charge in [0.25, 0.3) is 0 Å². The minimum Gasteiger partial charge on any atom is -0.344 e. The fraction of sp³-hybridized carbons (Fsp3) is 0.464. The molecule has 0 spiro atoms. The molecule has 1 fully saturated rings. The number of rotatable bonds is 7. The Hall–Kier alpha value is -2.86. The number of nitrogens with zero attached hydrogens (tertiary/aromatic N) is 2. The second-order valence-corrected chi connectivity index (χ2v) is 11.1. The van der Waals surface area contributed by atoms with Crippen LogP contribution < -0.4 is 5.32 Å². The van der Waals surface area contributed by atoms with E-state index in [1.165, 1.54) is 5.56 Å². The first-order valence-electron chi connectivity index (χ1n) is 12.4. The molecule has 1 aromatic heterocycles. The number of aromatic amines is 1. The number of nitrogens with one attached hydrogen (secondary N) is 2. The van der Waals surface area contributed by atoms with Crippen LogP contribution in [0.4, 0.5) is 0 Å². The van der Waals surface area contributed by atoms with Crippen molar-refractivity contribution < 1.29 is 9.59 Å². The molecule has 0 saturated carbocycles. The zero-order valence-electron chi connectivity index (χ0n) is 21.0. The molecule has 2 atom stereocenters. The van der Waals surface area contributed by atoms with E-state index >= 15 is 0 Å². The Morgan fingerprint density at radius 2 is 1.89 bits per heavy atom. The summed E-state index contributed by atoms with van der Waals surface area (Å²) in [5.74, 6) is 0.988. The molecule has 0 radical (unpaired) electrons. The number of aromatic nitrogens is 2. The monoisotopic (exact) mass is 494 g/mol. The number of benzene rings is 2. The van der Waals surface area contributed by atoms with Crippen molar-refractivity contribution >= 4 is 34.4 Å². The van der Waals surface area contributed by atoms with Crippen LogP contribution in [0, 0.1) is 11.3 Å². The average Bonchev–Trinajstić information content (AvgIpc) is 3.24. The van der Waals surface area contributed by atoms with Gasteiger partial charge in [0, 0.05) is 31.0 Å². The number of para-hydroxylation sites is 2. The Bertz CT molecular complexity index is 1150. The van der Waals surface area contributed by atoms with Crippen molar-refractivity contribution in [2.24, 2.45) is 11.3 Å². The molecule has 1 aliphatic rings. The van der Waals surface area contributed by atoms with E-state index in [9.17, 15) is 9.59 Å². The highest BCUT2D eigenvalue weighted by atomic mass is 35.5. The molecular formula is C28H35ClN4O2. The van der Waals surface area contributed by atoms with E-state index in [1.54, 1.807) is 0 Å². The summed E-state index contributed by atoms with van der Waals surface area (Å²) >= 11 is 6.08. The highest BCUT2D eigenvalue weighted by molar-refractivity contribution is 6.30. The van der Waals surface area contributed by atoms with Gasteiger partial charge in [0.05, 0.1) is 11.0 Å². The van der Waals surface area contributed by atoms with E-state index < -0.39 is 6.04 Å². The molecule has 4 rings (SSSR count). The SMILES string of the molecule is CC(C)[C@@H](NC(=O)CCc1nc2ccccc2[nH]1)C(=O)N1CCC(c2ccc(Cl)cc2)C(C)(C)C1. The van der Waals surface area contributed by atoms with Crippen LogP contribution in [-0.4, -0.2) is 45.8 Å². The molecule has 0 aliphatic carbocycles. The van der Waals surface area contributed by atoms with Gasteiger partial charge in [0.15, 0.2) is 0 Å². The zero-order valence-corrected chi connectivity index (χ0v) is 21.7. The number of imidazole rings is 1. The van der Waals surface area contributed by atoms with Crippen LogP contribution >= 0.6 is 11.6 Å². The number of carbonyl (C=O) groups is 2. The molecule has 2 heterocycles. The molecule has 35 heavy (non-hydrogen) atoms. The summed E-state index contributed by atoms with van der Waals surface area (Å²) in [6.45, 7) is 9.70. The summed E-state index contributed by atoms with van der Waals surface area (Å²) in [6, 6.07) is 15.3. The van der Waals surface area contributed by atoms with Crippen molar-refractivity contribution in [3.63, 3.8) is 0 Å². The van der Waals surface area contributed by atoms with Crippen LogP contribution in [0.25, 0.3) is 11.0 Å². The number of amides is 2. The number of halogens is 1. The summed E-state index contributed by atoms with van der Waals surface area (Å²) in [4.78, 5) is 36.0. The van der Waals surface area contributed by atoms with Gasteiger partial charge < -0.3 is 15.2 Å². The first-order valence-corrected chi connectivity index (χ1v) is 12.8. The fourth-order valence-corrected chi connectivity index (χ4v) is 5.30. The lowest BCUT2D eigenvalue weighted by atomic mass is 9.70. The van der Waals surface area contributed by atoms with Gasteiger partial charge >= 0.3 is 0 Å². The van der Waals surface area contributed by atoms with Gasteiger partial charge in [-0.2, -0.15) is 0 Å². The third-order valence-electron chi connectivity index (χ3n) is 7.09. The van der Waals surface area contributed by atoms with E-state index in [0.29, 0.717) is 25.4 Å². The number of fused-ring (bicyclic) bond motifs is 1. The van der Waals surface area contributed by atoms with Crippen molar-refractivity contribution in [3.8, 4) is 0 Å². The van der Waals surface area contributed by atoms with Crippen LogP contribution in [0.15, 0.2) is 48.5 Å². The molecule has 2 N–H and O–H groups in total. The Morgan fingerprint density at radius 3 is 2.54 bits per heavy atom. The molecule has 2 amide bonds. The van der Waals surface area contributed by atoms with Crippen LogP contribution in [0.5, 0.6) is 0 Å². The lowest BCUT2D eigenvalue weighted by molar-refractivity contribution is -0.140. The Morgan fingerprint density at radius 1 is 1.17 bits per heavy atom. The van der Waals surface area contributed by atoms with Crippen LogP contribution in [-0.2, 0) is 16.0 Å². The largest absolute Gasteiger partial charge is 0.344 e.